The average Bonchev–Trinajstić information content (AvgIpc) is 3.31. The third-order valence-corrected chi connectivity index (χ3v) is 6.62. The normalized spacial score (nSPS) is 11.4. The molecular weight excluding hydrogens is 477 g/mol. The van der Waals surface area contributed by atoms with Crippen LogP contribution in [-0.2, 0) is 19.6 Å². The molecule has 0 spiro atoms. The lowest BCUT2D eigenvalue weighted by Crippen LogP contribution is -2.30. The van der Waals surface area contributed by atoms with Crippen LogP contribution < -0.4 is 5.56 Å². The highest BCUT2D eigenvalue weighted by molar-refractivity contribution is 6.30. The summed E-state index contributed by atoms with van der Waals surface area (Å²) >= 11 is 6.17. The van der Waals surface area contributed by atoms with Crippen LogP contribution in [0.1, 0.15) is 35.3 Å². The van der Waals surface area contributed by atoms with Crippen molar-refractivity contribution in [2.45, 2.75) is 40.4 Å². The van der Waals surface area contributed by atoms with Crippen LogP contribution in [0.15, 0.2) is 65.5 Å². The summed E-state index contributed by atoms with van der Waals surface area (Å²) in [6.45, 7) is 5.42. The number of alkyl halides is 1. The van der Waals surface area contributed by atoms with E-state index in [1.54, 1.807) is 27.4 Å². The van der Waals surface area contributed by atoms with Gasteiger partial charge in [-0.25, -0.2) is 13.6 Å². The number of aromatic nitrogens is 5. The fraction of sp³-hybridized carbons (Fsp3) is 0.214. The molecule has 0 fully saturated rings. The maximum Gasteiger partial charge on any atom is 0.274 e. The maximum absolute atomic E-state index is 14.3. The van der Waals surface area contributed by atoms with Crippen molar-refractivity contribution in [3.8, 4) is 22.3 Å². The molecule has 0 saturated carbocycles. The van der Waals surface area contributed by atoms with Crippen LogP contribution >= 0.6 is 11.6 Å². The lowest BCUT2D eigenvalue weighted by atomic mass is 9.96. The minimum Gasteiger partial charge on any atom is -0.267 e. The SMILES string of the molecule is CCc1nnc2c(-c3ccc(Cl)cc3)c(-c3ccc(C)cc3)c(=O)n(Cc3ccc(CF)nc3C)n12. The van der Waals surface area contributed by atoms with Crippen LogP contribution in [0, 0.1) is 13.8 Å². The van der Waals surface area contributed by atoms with E-state index in [0.717, 1.165) is 22.3 Å². The van der Waals surface area contributed by atoms with Crippen LogP contribution in [0.5, 0.6) is 0 Å². The lowest BCUT2D eigenvalue weighted by Gasteiger charge is -2.18. The Hall–Kier alpha value is -3.84. The van der Waals surface area contributed by atoms with Gasteiger partial charge >= 0.3 is 0 Å². The van der Waals surface area contributed by atoms with Gasteiger partial charge in [-0.05, 0) is 48.7 Å². The molecule has 6 nitrogen and oxygen atoms in total. The van der Waals surface area contributed by atoms with Crippen LogP contribution in [0.3, 0.4) is 0 Å². The summed E-state index contributed by atoms with van der Waals surface area (Å²) in [4.78, 5) is 18.7. The van der Waals surface area contributed by atoms with E-state index >= 15 is 0 Å². The highest BCUT2D eigenvalue weighted by Crippen LogP contribution is 2.34. The first-order valence-corrected chi connectivity index (χ1v) is 12.1. The molecule has 0 atom stereocenters. The number of hydrogen-bond acceptors (Lipinski definition) is 4. The number of hydrogen-bond donors (Lipinski definition) is 0. The molecule has 2 aromatic carbocycles. The van der Waals surface area contributed by atoms with Crippen molar-refractivity contribution in [1.82, 2.24) is 24.4 Å². The summed E-state index contributed by atoms with van der Waals surface area (Å²) in [5.74, 6) is 0.666. The predicted molar refractivity (Wildman–Crippen MR) is 140 cm³/mol. The summed E-state index contributed by atoms with van der Waals surface area (Å²) in [6.07, 6.45) is 0.586. The Morgan fingerprint density at radius 1 is 0.889 bits per heavy atom. The first-order chi connectivity index (χ1) is 17.4. The van der Waals surface area contributed by atoms with Crippen molar-refractivity contribution < 1.29 is 4.39 Å². The van der Waals surface area contributed by atoms with Gasteiger partial charge in [-0.2, -0.15) is 0 Å². The molecule has 0 N–H and O–H groups in total. The summed E-state index contributed by atoms with van der Waals surface area (Å²) in [7, 11) is 0. The molecule has 0 aliphatic heterocycles. The Morgan fingerprint density at radius 2 is 1.56 bits per heavy atom. The fourth-order valence-electron chi connectivity index (χ4n) is 4.45. The van der Waals surface area contributed by atoms with Crippen molar-refractivity contribution in [1.29, 1.82) is 0 Å². The van der Waals surface area contributed by atoms with Crippen LogP contribution in [0.2, 0.25) is 5.02 Å². The van der Waals surface area contributed by atoms with Crippen molar-refractivity contribution in [3.63, 3.8) is 0 Å². The number of rotatable bonds is 6. The van der Waals surface area contributed by atoms with Gasteiger partial charge in [-0.1, -0.05) is 66.6 Å². The third-order valence-electron chi connectivity index (χ3n) is 6.37. The zero-order chi connectivity index (χ0) is 25.4. The molecule has 5 rings (SSSR count). The molecule has 0 saturated heterocycles. The summed E-state index contributed by atoms with van der Waals surface area (Å²) in [5.41, 5.74) is 6.20. The van der Waals surface area contributed by atoms with E-state index in [1.165, 1.54) is 0 Å². The van der Waals surface area contributed by atoms with Crippen molar-refractivity contribution >= 4 is 17.2 Å². The molecule has 0 bridgehead atoms. The molecule has 182 valence electrons. The first kappa shape index (κ1) is 23.9. The second-order valence-electron chi connectivity index (χ2n) is 8.77. The smallest absolute Gasteiger partial charge is 0.267 e. The monoisotopic (exact) mass is 501 g/mol. The largest absolute Gasteiger partial charge is 0.274 e. The second-order valence-corrected chi connectivity index (χ2v) is 9.21. The molecule has 3 aromatic heterocycles. The topological polar surface area (TPSA) is 65.1 Å². The quantitative estimate of drug-likeness (QED) is 0.287. The maximum atomic E-state index is 14.3. The Morgan fingerprint density at radius 3 is 2.19 bits per heavy atom. The molecule has 0 unspecified atom stereocenters. The number of pyridine rings is 1. The van der Waals surface area contributed by atoms with E-state index in [9.17, 15) is 9.18 Å². The molecule has 36 heavy (non-hydrogen) atoms. The number of fused-ring (bicyclic) bond motifs is 1. The number of benzene rings is 2. The highest BCUT2D eigenvalue weighted by atomic mass is 35.5. The predicted octanol–water partition coefficient (Wildman–Crippen LogP) is 5.97. The average molecular weight is 502 g/mol. The van der Waals surface area contributed by atoms with Gasteiger partial charge in [-0.15, -0.1) is 10.2 Å². The molecule has 0 amide bonds. The summed E-state index contributed by atoms with van der Waals surface area (Å²) in [6, 6.07) is 18.7. The van der Waals surface area contributed by atoms with Crippen molar-refractivity contribution in [2.24, 2.45) is 0 Å². The summed E-state index contributed by atoms with van der Waals surface area (Å²) < 4.78 is 16.6. The van der Waals surface area contributed by atoms with Gasteiger partial charge in [0.15, 0.2) is 11.5 Å². The zero-order valence-electron chi connectivity index (χ0n) is 20.3. The van der Waals surface area contributed by atoms with Crippen LogP contribution in [0.4, 0.5) is 4.39 Å². The Kier molecular flexibility index (Phi) is 6.41. The van der Waals surface area contributed by atoms with E-state index in [1.807, 2.05) is 63.2 Å². The van der Waals surface area contributed by atoms with E-state index in [2.05, 4.69) is 15.2 Å². The third kappa shape index (κ3) is 4.20. The van der Waals surface area contributed by atoms with Crippen LogP contribution in [0.25, 0.3) is 27.9 Å². The minimum atomic E-state index is -0.635. The molecule has 0 radical (unpaired) electrons. The van der Waals surface area contributed by atoms with E-state index in [-0.39, 0.29) is 12.1 Å². The van der Waals surface area contributed by atoms with Gasteiger partial charge in [0.1, 0.15) is 6.67 Å². The van der Waals surface area contributed by atoms with Gasteiger partial charge in [0.25, 0.3) is 5.56 Å². The summed E-state index contributed by atoms with van der Waals surface area (Å²) in [5, 5.41) is 9.57. The highest BCUT2D eigenvalue weighted by Gasteiger charge is 2.24. The minimum absolute atomic E-state index is 0.181. The molecule has 3 heterocycles. The zero-order valence-corrected chi connectivity index (χ0v) is 21.1. The van der Waals surface area contributed by atoms with Crippen molar-refractivity contribution in [2.75, 3.05) is 0 Å². The number of nitrogens with zero attached hydrogens (tertiary/aromatic N) is 5. The molecule has 8 heteroatoms. The van der Waals surface area contributed by atoms with E-state index in [4.69, 9.17) is 11.6 Å². The molecule has 5 aromatic rings. The van der Waals surface area contributed by atoms with Gasteiger partial charge in [-0.3, -0.25) is 9.78 Å². The molecule has 0 aliphatic rings. The Bertz CT molecular complexity index is 1620. The Labute approximate surface area is 213 Å². The number of aryl methyl sites for hydroxylation is 3. The molecule has 0 aliphatic carbocycles. The number of halogens is 2. The van der Waals surface area contributed by atoms with Crippen LogP contribution in [-0.4, -0.2) is 24.4 Å². The van der Waals surface area contributed by atoms with Gasteiger partial charge in [0.2, 0.25) is 0 Å². The fourth-order valence-corrected chi connectivity index (χ4v) is 4.57. The van der Waals surface area contributed by atoms with Gasteiger partial charge < -0.3 is 0 Å². The van der Waals surface area contributed by atoms with Gasteiger partial charge in [0.05, 0.1) is 17.8 Å². The van der Waals surface area contributed by atoms with Crippen molar-refractivity contribution in [3.05, 3.63) is 104 Å². The first-order valence-electron chi connectivity index (χ1n) is 11.8. The van der Waals surface area contributed by atoms with E-state index < -0.39 is 6.67 Å². The molecular formula is C28H25ClFN5O. The Balaban J connectivity index is 1.86. The second kappa shape index (κ2) is 9.66. The van der Waals surface area contributed by atoms with E-state index in [0.29, 0.717) is 45.4 Å². The van der Waals surface area contributed by atoms with Gasteiger partial charge in [0, 0.05) is 22.7 Å². The lowest BCUT2D eigenvalue weighted by molar-refractivity contribution is 0.474. The standard InChI is InChI=1S/C28H25ClFN5O/c1-4-24-32-33-27-25(19-9-12-22(29)13-10-19)26(20-7-5-17(2)6-8-20)28(36)34(35(24)27)16-21-11-14-23(15-30)31-18(21)3/h5-14H,4,15-16H2,1-3H3.